The molecule has 0 atom stereocenters. The molecule has 0 aliphatic rings. The van der Waals surface area contributed by atoms with Crippen LogP contribution in [0.2, 0.25) is 0 Å². The normalized spacial score (nSPS) is 9.78. The van der Waals surface area contributed by atoms with Crippen molar-refractivity contribution in [3.05, 3.63) is 58.1 Å². The van der Waals surface area contributed by atoms with Gasteiger partial charge in [-0.1, -0.05) is 12.1 Å². The molecular weight excluding hydrogens is 292 g/mol. The highest BCUT2D eigenvalue weighted by Crippen LogP contribution is 2.27. The maximum Gasteiger partial charge on any atom is 0.134 e. The number of benzene rings is 2. The number of halogens is 1. The summed E-state index contributed by atoms with van der Waals surface area (Å²) in [5.74, 6) is 0.249. The zero-order valence-electron chi connectivity index (χ0n) is 9.52. The van der Waals surface area contributed by atoms with Gasteiger partial charge in [0.25, 0.3) is 0 Å². The summed E-state index contributed by atoms with van der Waals surface area (Å²) in [7, 11) is 0. The van der Waals surface area contributed by atoms with Crippen LogP contribution >= 0.6 is 15.9 Å². The van der Waals surface area contributed by atoms with Gasteiger partial charge in [-0.05, 0) is 46.3 Å². The van der Waals surface area contributed by atoms with E-state index in [1.807, 2.05) is 24.3 Å². The molecule has 0 heterocycles. The van der Waals surface area contributed by atoms with E-state index in [1.54, 1.807) is 18.2 Å². The summed E-state index contributed by atoms with van der Waals surface area (Å²) in [6.07, 6.45) is 0. The summed E-state index contributed by atoms with van der Waals surface area (Å²) < 4.78 is 0.682. The third-order valence-corrected chi connectivity index (χ3v) is 3.21. The van der Waals surface area contributed by atoms with E-state index in [9.17, 15) is 5.11 Å². The maximum absolute atomic E-state index is 9.83. The Hall–Kier alpha value is -1.99. The van der Waals surface area contributed by atoms with Gasteiger partial charge in [0.2, 0.25) is 0 Å². The zero-order valence-corrected chi connectivity index (χ0v) is 11.1. The van der Waals surface area contributed by atoms with Crippen molar-refractivity contribution in [3.8, 4) is 11.8 Å². The summed E-state index contributed by atoms with van der Waals surface area (Å²) >= 11 is 3.28. The molecule has 0 aliphatic carbocycles. The molecule has 3 nitrogen and oxygen atoms in total. The van der Waals surface area contributed by atoms with Crippen molar-refractivity contribution in [2.45, 2.75) is 6.54 Å². The van der Waals surface area contributed by atoms with Gasteiger partial charge >= 0.3 is 0 Å². The van der Waals surface area contributed by atoms with Crippen LogP contribution in [0.15, 0.2) is 46.9 Å². The van der Waals surface area contributed by atoms with Gasteiger partial charge in [0.15, 0.2) is 0 Å². The second-order valence-electron chi connectivity index (χ2n) is 3.79. The van der Waals surface area contributed by atoms with E-state index in [2.05, 4.69) is 27.3 Å². The van der Waals surface area contributed by atoms with Crippen LogP contribution in [0.1, 0.15) is 11.1 Å². The molecule has 0 bridgehead atoms. The lowest BCUT2D eigenvalue weighted by atomic mass is 10.2. The van der Waals surface area contributed by atoms with E-state index in [-0.39, 0.29) is 5.75 Å². The number of nitriles is 1. The minimum Gasteiger partial charge on any atom is -0.506 e. The minimum absolute atomic E-state index is 0.249. The molecule has 2 aromatic carbocycles. The molecule has 0 unspecified atom stereocenters. The molecule has 0 radical (unpaired) electrons. The minimum atomic E-state index is 0.249. The van der Waals surface area contributed by atoms with Crippen LogP contribution in [0, 0.1) is 11.3 Å². The van der Waals surface area contributed by atoms with Gasteiger partial charge in [0.05, 0.1) is 16.1 Å². The molecule has 2 N–H and O–H groups in total. The first kappa shape index (κ1) is 12.5. The Morgan fingerprint density at radius 3 is 2.56 bits per heavy atom. The van der Waals surface area contributed by atoms with E-state index in [0.29, 0.717) is 16.6 Å². The van der Waals surface area contributed by atoms with Gasteiger partial charge in [-0.15, -0.1) is 0 Å². The first-order valence-electron chi connectivity index (χ1n) is 5.41. The Labute approximate surface area is 114 Å². The van der Waals surface area contributed by atoms with E-state index in [4.69, 9.17) is 5.26 Å². The van der Waals surface area contributed by atoms with Crippen molar-refractivity contribution in [2.75, 3.05) is 5.32 Å². The zero-order chi connectivity index (χ0) is 13.0. The number of phenols is 1. The average Bonchev–Trinajstić information content (AvgIpc) is 2.41. The topological polar surface area (TPSA) is 56.0 Å². The lowest BCUT2D eigenvalue weighted by molar-refractivity contribution is 0.465. The second kappa shape index (κ2) is 5.56. The van der Waals surface area contributed by atoms with E-state index < -0.39 is 0 Å². The van der Waals surface area contributed by atoms with Crippen LogP contribution < -0.4 is 5.32 Å². The van der Waals surface area contributed by atoms with Crippen LogP contribution in [0.4, 0.5) is 5.69 Å². The summed E-state index contributed by atoms with van der Waals surface area (Å²) in [4.78, 5) is 0. The molecule has 2 aromatic rings. The van der Waals surface area contributed by atoms with Crippen molar-refractivity contribution in [1.29, 1.82) is 5.26 Å². The van der Waals surface area contributed by atoms with Crippen molar-refractivity contribution < 1.29 is 5.11 Å². The number of rotatable bonds is 3. The molecular formula is C14H11BrN2O. The molecule has 0 aliphatic heterocycles. The molecule has 0 aromatic heterocycles. The smallest absolute Gasteiger partial charge is 0.134 e. The SMILES string of the molecule is N#Cc1ccc(NCc2cccc(Br)c2O)cc1. The Balaban J connectivity index is 2.07. The Kier molecular flexibility index (Phi) is 3.85. The van der Waals surface area contributed by atoms with Crippen molar-refractivity contribution in [1.82, 2.24) is 0 Å². The lowest BCUT2D eigenvalue weighted by Crippen LogP contribution is -1.99. The van der Waals surface area contributed by atoms with Crippen molar-refractivity contribution >= 4 is 21.6 Å². The summed E-state index contributed by atoms with van der Waals surface area (Å²) in [6, 6.07) is 14.8. The molecule has 4 heteroatoms. The van der Waals surface area contributed by atoms with E-state index in [1.165, 1.54) is 0 Å². The Morgan fingerprint density at radius 1 is 1.17 bits per heavy atom. The maximum atomic E-state index is 9.83. The largest absolute Gasteiger partial charge is 0.506 e. The van der Waals surface area contributed by atoms with Crippen LogP contribution in [0.25, 0.3) is 0 Å². The predicted molar refractivity (Wildman–Crippen MR) is 74.3 cm³/mol. The van der Waals surface area contributed by atoms with Gasteiger partial charge in [0.1, 0.15) is 5.75 Å². The third kappa shape index (κ3) is 2.82. The highest BCUT2D eigenvalue weighted by molar-refractivity contribution is 9.10. The average molecular weight is 303 g/mol. The van der Waals surface area contributed by atoms with E-state index in [0.717, 1.165) is 11.3 Å². The molecule has 90 valence electrons. The van der Waals surface area contributed by atoms with Crippen LogP contribution in [-0.2, 0) is 6.54 Å². The van der Waals surface area contributed by atoms with Crippen LogP contribution in [-0.4, -0.2) is 5.11 Å². The fourth-order valence-electron chi connectivity index (χ4n) is 1.56. The molecule has 0 saturated heterocycles. The lowest BCUT2D eigenvalue weighted by Gasteiger charge is -2.09. The highest BCUT2D eigenvalue weighted by atomic mass is 79.9. The number of hydrogen-bond acceptors (Lipinski definition) is 3. The van der Waals surface area contributed by atoms with Gasteiger partial charge in [-0.25, -0.2) is 0 Å². The number of phenolic OH excluding ortho intramolecular Hbond substituents is 1. The first-order valence-corrected chi connectivity index (χ1v) is 6.20. The molecule has 0 fully saturated rings. The highest BCUT2D eigenvalue weighted by Gasteiger charge is 2.04. The summed E-state index contributed by atoms with van der Waals surface area (Å²) in [6.45, 7) is 0.525. The number of anilines is 1. The van der Waals surface area contributed by atoms with Crippen molar-refractivity contribution in [2.24, 2.45) is 0 Å². The predicted octanol–water partition coefficient (Wildman–Crippen LogP) is 3.64. The third-order valence-electron chi connectivity index (χ3n) is 2.57. The number of nitrogens with one attached hydrogen (secondary N) is 1. The number of hydrogen-bond donors (Lipinski definition) is 2. The number of aromatic hydroxyl groups is 1. The molecule has 0 saturated carbocycles. The summed E-state index contributed by atoms with van der Waals surface area (Å²) in [5, 5.41) is 21.7. The Morgan fingerprint density at radius 2 is 1.89 bits per heavy atom. The van der Waals surface area contributed by atoms with Gasteiger partial charge in [0, 0.05) is 17.8 Å². The quantitative estimate of drug-likeness (QED) is 0.910. The number of nitrogens with zero attached hydrogens (tertiary/aromatic N) is 1. The molecule has 2 rings (SSSR count). The van der Waals surface area contributed by atoms with E-state index >= 15 is 0 Å². The molecule has 0 amide bonds. The van der Waals surface area contributed by atoms with Crippen LogP contribution in [0.5, 0.6) is 5.75 Å². The van der Waals surface area contributed by atoms with Gasteiger partial charge < -0.3 is 10.4 Å². The fraction of sp³-hybridized carbons (Fsp3) is 0.0714. The Bertz CT molecular complexity index is 588. The van der Waals surface area contributed by atoms with Gasteiger partial charge in [-0.2, -0.15) is 5.26 Å². The molecule has 18 heavy (non-hydrogen) atoms. The monoisotopic (exact) mass is 302 g/mol. The fourth-order valence-corrected chi connectivity index (χ4v) is 1.97. The standard InChI is InChI=1S/C14H11BrN2O/c15-13-3-1-2-11(14(13)18)9-17-12-6-4-10(8-16)5-7-12/h1-7,17-18H,9H2. The van der Waals surface area contributed by atoms with Crippen LogP contribution in [0.3, 0.4) is 0 Å². The second-order valence-corrected chi connectivity index (χ2v) is 4.64. The van der Waals surface area contributed by atoms with Crippen molar-refractivity contribution in [3.63, 3.8) is 0 Å². The first-order chi connectivity index (χ1) is 8.70. The van der Waals surface area contributed by atoms with Gasteiger partial charge in [-0.3, -0.25) is 0 Å². The molecule has 0 spiro atoms. The number of para-hydroxylation sites is 1. The summed E-state index contributed by atoms with van der Waals surface area (Å²) in [5.41, 5.74) is 2.35.